The molecule has 3 amide bonds. The standard InChI is InChI=1S/C15H26N2O2/c1-10(2)9-13-14(18)17(15(19)16-13)11(3)12-7-5-4-6-8-12/h10-13H,4-9H2,1-3H3,(H,16,19)/t11?,13-/m0/s1. The largest absolute Gasteiger partial charge is 0.326 e. The molecule has 1 N–H and O–H groups in total. The van der Waals surface area contributed by atoms with Crippen LogP contribution in [0.4, 0.5) is 4.79 Å². The summed E-state index contributed by atoms with van der Waals surface area (Å²) in [5.41, 5.74) is 0. The Kier molecular flexibility index (Phi) is 4.48. The molecule has 108 valence electrons. The number of rotatable bonds is 4. The van der Waals surface area contributed by atoms with Gasteiger partial charge in [-0.25, -0.2) is 4.79 Å². The highest BCUT2D eigenvalue weighted by molar-refractivity contribution is 6.04. The minimum atomic E-state index is -0.307. The molecule has 1 aliphatic heterocycles. The van der Waals surface area contributed by atoms with Crippen LogP contribution in [0, 0.1) is 11.8 Å². The van der Waals surface area contributed by atoms with Crippen molar-refractivity contribution in [3.63, 3.8) is 0 Å². The van der Waals surface area contributed by atoms with Gasteiger partial charge in [-0.3, -0.25) is 9.69 Å². The molecule has 1 heterocycles. The molecule has 0 spiro atoms. The quantitative estimate of drug-likeness (QED) is 0.795. The maximum absolute atomic E-state index is 12.4. The third-order valence-electron chi connectivity index (χ3n) is 4.50. The van der Waals surface area contributed by atoms with Crippen molar-refractivity contribution in [3.8, 4) is 0 Å². The van der Waals surface area contributed by atoms with E-state index in [1.165, 1.54) is 24.2 Å². The van der Waals surface area contributed by atoms with E-state index in [1.807, 2.05) is 6.92 Å². The molecule has 2 aliphatic rings. The fraction of sp³-hybridized carbons (Fsp3) is 0.867. The summed E-state index contributed by atoms with van der Waals surface area (Å²) in [6, 6.07) is -0.447. The van der Waals surface area contributed by atoms with E-state index in [9.17, 15) is 9.59 Å². The lowest BCUT2D eigenvalue weighted by molar-refractivity contribution is -0.130. The van der Waals surface area contributed by atoms with Crippen LogP contribution in [0.3, 0.4) is 0 Å². The van der Waals surface area contributed by atoms with Crippen LogP contribution in [0.5, 0.6) is 0 Å². The highest BCUT2D eigenvalue weighted by atomic mass is 16.2. The second-order valence-electron chi connectivity index (χ2n) is 6.48. The summed E-state index contributed by atoms with van der Waals surface area (Å²) in [6.45, 7) is 6.19. The Balaban J connectivity index is 2.02. The average molecular weight is 266 g/mol. The molecule has 0 aromatic heterocycles. The van der Waals surface area contributed by atoms with E-state index in [-0.39, 0.29) is 24.0 Å². The molecule has 0 aromatic rings. The number of hydrogen-bond acceptors (Lipinski definition) is 2. The van der Waals surface area contributed by atoms with E-state index in [0.717, 1.165) is 19.3 Å². The van der Waals surface area contributed by atoms with E-state index >= 15 is 0 Å². The van der Waals surface area contributed by atoms with E-state index in [1.54, 1.807) is 0 Å². The van der Waals surface area contributed by atoms with Gasteiger partial charge in [-0.1, -0.05) is 33.1 Å². The molecule has 0 bridgehead atoms. The first kappa shape index (κ1) is 14.4. The first-order chi connectivity index (χ1) is 9.00. The van der Waals surface area contributed by atoms with Crippen molar-refractivity contribution in [1.82, 2.24) is 10.2 Å². The molecule has 1 saturated heterocycles. The van der Waals surface area contributed by atoms with Crippen molar-refractivity contribution < 1.29 is 9.59 Å². The van der Waals surface area contributed by atoms with Gasteiger partial charge in [0.25, 0.3) is 5.91 Å². The number of nitrogens with zero attached hydrogens (tertiary/aromatic N) is 1. The lowest BCUT2D eigenvalue weighted by atomic mass is 9.84. The predicted molar refractivity (Wildman–Crippen MR) is 74.7 cm³/mol. The lowest BCUT2D eigenvalue weighted by Crippen LogP contribution is -2.44. The van der Waals surface area contributed by atoms with E-state index < -0.39 is 0 Å². The van der Waals surface area contributed by atoms with Gasteiger partial charge in [0.1, 0.15) is 6.04 Å². The van der Waals surface area contributed by atoms with Crippen molar-refractivity contribution in [2.75, 3.05) is 0 Å². The summed E-state index contributed by atoms with van der Waals surface area (Å²) < 4.78 is 0. The van der Waals surface area contributed by atoms with Gasteiger partial charge in [-0.15, -0.1) is 0 Å². The van der Waals surface area contributed by atoms with E-state index in [0.29, 0.717) is 11.8 Å². The molecule has 1 aliphatic carbocycles. The smallest absolute Gasteiger partial charge is 0.325 e. The molecule has 2 atom stereocenters. The van der Waals surface area contributed by atoms with Gasteiger partial charge < -0.3 is 5.32 Å². The zero-order valence-corrected chi connectivity index (χ0v) is 12.3. The summed E-state index contributed by atoms with van der Waals surface area (Å²) in [7, 11) is 0. The number of amides is 3. The molecule has 1 unspecified atom stereocenters. The Morgan fingerprint density at radius 2 is 1.79 bits per heavy atom. The lowest BCUT2D eigenvalue weighted by Gasteiger charge is -2.32. The maximum Gasteiger partial charge on any atom is 0.325 e. The number of carbonyl (C=O) groups excluding carboxylic acids is 2. The number of carbonyl (C=O) groups is 2. The molecular formula is C15H26N2O2. The summed E-state index contributed by atoms with van der Waals surface area (Å²) >= 11 is 0. The minimum absolute atomic E-state index is 0.0169. The van der Waals surface area contributed by atoms with E-state index in [4.69, 9.17) is 0 Å². The number of nitrogens with one attached hydrogen (secondary N) is 1. The third kappa shape index (κ3) is 3.10. The molecule has 4 nitrogen and oxygen atoms in total. The minimum Gasteiger partial charge on any atom is -0.326 e. The maximum atomic E-state index is 12.4. The van der Waals surface area contributed by atoms with Gasteiger partial charge in [0, 0.05) is 6.04 Å². The monoisotopic (exact) mass is 266 g/mol. The third-order valence-corrected chi connectivity index (χ3v) is 4.50. The predicted octanol–water partition coefficient (Wildman–Crippen LogP) is 2.92. The molecule has 4 heteroatoms. The summed E-state index contributed by atoms with van der Waals surface area (Å²) in [4.78, 5) is 25.9. The SMILES string of the molecule is CC(C)C[C@@H]1NC(=O)N(C(C)C2CCCCC2)C1=O. The molecule has 19 heavy (non-hydrogen) atoms. The van der Waals surface area contributed by atoms with Crippen molar-refractivity contribution in [2.24, 2.45) is 11.8 Å². The van der Waals surface area contributed by atoms with Crippen LogP contribution in [0.1, 0.15) is 59.3 Å². The highest BCUT2D eigenvalue weighted by Crippen LogP contribution is 2.30. The van der Waals surface area contributed by atoms with Crippen LogP contribution < -0.4 is 5.32 Å². The Morgan fingerprint density at radius 1 is 1.16 bits per heavy atom. The second kappa shape index (κ2) is 5.93. The van der Waals surface area contributed by atoms with Crippen molar-refractivity contribution >= 4 is 11.9 Å². The van der Waals surface area contributed by atoms with Crippen LogP contribution in [-0.2, 0) is 4.79 Å². The molecular weight excluding hydrogens is 240 g/mol. The van der Waals surface area contributed by atoms with Gasteiger partial charge in [0.05, 0.1) is 0 Å². The Morgan fingerprint density at radius 3 is 2.37 bits per heavy atom. The van der Waals surface area contributed by atoms with Crippen LogP contribution in [-0.4, -0.2) is 28.9 Å². The molecule has 0 radical (unpaired) electrons. The highest BCUT2D eigenvalue weighted by Gasteiger charge is 2.42. The molecule has 0 aromatic carbocycles. The first-order valence-corrected chi connectivity index (χ1v) is 7.64. The molecule has 2 rings (SSSR count). The summed E-state index contributed by atoms with van der Waals surface area (Å²) in [5, 5.41) is 2.84. The Hall–Kier alpha value is -1.06. The zero-order valence-electron chi connectivity index (χ0n) is 12.3. The van der Waals surface area contributed by atoms with Crippen molar-refractivity contribution in [1.29, 1.82) is 0 Å². The van der Waals surface area contributed by atoms with Gasteiger partial charge in [-0.2, -0.15) is 0 Å². The van der Waals surface area contributed by atoms with E-state index in [2.05, 4.69) is 19.2 Å². The fourth-order valence-electron chi connectivity index (χ4n) is 3.39. The number of imide groups is 1. The van der Waals surface area contributed by atoms with Crippen molar-refractivity contribution in [2.45, 2.75) is 71.4 Å². The van der Waals surface area contributed by atoms with Gasteiger partial charge >= 0.3 is 6.03 Å². The van der Waals surface area contributed by atoms with Crippen LogP contribution in [0.25, 0.3) is 0 Å². The first-order valence-electron chi connectivity index (χ1n) is 7.64. The van der Waals surface area contributed by atoms with Gasteiger partial charge in [-0.05, 0) is 38.0 Å². The summed E-state index contributed by atoms with van der Waals surface area (Å²) in [6.07, 6.45) is 6.78. The Labute approximate surface area is 115 Å². The zero-order chi connectivity index (χ0) is 14.0. The van der Waals surface area contributed by atoms with Crippen LogP contribution in [0.2, 0.25) is 0 Å². The van der Waals surface area contributed by atoms with Gasteiger partial charge in [0.15, 0.2) is 0 Å². The normalized spacial score (nSPS) is 26.9. The number of urea groups is 1. The number of hydrogen-bond donors (Lipinski definition) is 1. The average Bonchev–Trinajstić information content (AvgIpc) is 2.64. The molecule has 2 fully saturated rings. The topological polar surface area (TPSA) is 49.4 Å². The Bertz CT molecular complexity index is 348. The fourth-order valence-corrected chi connectivity index (χ4v) is 3.39. The van der Waals surface area contributed by atoms with Crippen LogP contribution >= 0.6 is 0 Å². The van der Waals surface area contributed by atoms with Crippen LogP contribution in [0.15, 0.2) is 0 Å². The van der Waals surface area contributed by atoms with Gasteiger partial charge in [0.2, 0.25) is 0 Å². The summed E-state index contributed by atoms with van der Waals surface area (Å²) in [5.74, 6) is 0.886. The second-order valence-corrected chi connectivity index (χ2v) is 6.48. The van der Waals surface area contributed by atoms with Crippen molar-refractivity contribution in [3.05, 3.63) is 0 Å². The molecule has 1 saturated carbocycles.